The van der Waals surface area contributed by atoms with Crippen molar-refractivity contribution < 1.29 is 9.18 Å². The molecule has 3 aromatic heterocycles. The number of rotatable bonds is 7. The third-order valence-electron chi connectivity index (χ3n) is 6.64. The van der Waals surface area contributed by atoms with E-state index in [4.69, 9.17) is 5.73 Å². The Labute approximate surface area is 229 Å². The van der Waals surface area contributed by atoms with Crippen LogP contribution in [0.15, 0.2) is 61.2 Å². The zero-order valence-electron chi connectivity index (χ0n) is 22.1. The fourth-order valence-corrected chi connectivity index (χ4v) is 4.46. The smallest absolute Gasteiger partial charge is 0.274 e. The zero-order valence-corrected chi connectivity index (χ0v) is 22.1. The Morgan fingerprint density at radius 3 is 2.67 bits per heavy atom. The van der Waals surface area contributed by atoms with Crippen LogP contribution in [-0.4, -0.2) is 30.4 Å². The molecule has 0 unspecified atom stereocenters. The third kappa shape index (κ3) is 5.15. The normalized spacial score (nSPS) is 11.7. The van der Waals surface area contributed by atoms with E-state index in [1.165, 1.54) is 18.6 Å². The van der Waals surface area contributed by atoms with Gasteiger partial charge in [0.05, 0.1) is 17.6 Å². The van der Waals surface area contributed by atoms with Gasteiger partial charge in [-0.1, -0.05) is 36.4 Å². The van der Waals surface area contributed by atoms with Crippen molar-refractivity contribution in [2.24, 2.45) is 7.05 Å². The van der Waals surface area contributed by atoms with Crippen LogP contribution in [0.4, 0.5) is 16.0 Å². The SMILES string of the molecule is Cc1cc([C@H](C)NC(=O)c2nc(C#N)cnc2NCc2ccc(-c3cn(C)c4ncnc(N)c34)cc2)ccc1F. The summed E-state index contributed by atoms with van der Waals surface area (Å²) in [5, 5.41) is 16.1. The molecule has 1 atom stereocenters. The standard InChI is InChI=1S/C29H26FN9O/c1-16-10-20(8-9-23(16)30)17(2)37-29(40)25-27(34-13-21(11-31)38-25)33-12-18-4-6-19(7-5-18)22-14-39(3)28-24(22)26(32)35-15-36-28/h4-10,13-15,17H,12H2,1-3H3,(H,33,34)(H,37,40)(H2,32,35,36)/t17-/m0/s1. The number of nitrogens with one attached hydrogen (secondary N) is 2. The van der Waals surface area contributed by atoms with Gasteiger partial charge >= 0.3 is 0 Å². The molecule has 0 aliphatic rings. The molecule has 0 fully saturated rings. The van der Waals surface area contributed by atoms with E-state index in [1.807, 2.05) is 48.1 Å². The average molecular weight is 536 g/mol. The van der Waals surface area contributed by atoms with E-state index in [0.717, 1.165) is 33.3 Å². The van der Waals surface area contributed by atoms with Crippen molar-refractivity contribution in [2.45, 2.75) is 26.4 Å². The molecule has 40 heavy (non-hydrogen) atoms. The molecule has 0 bridgehead atoms. The van der Waals surface area contributed by atoms with Gasteiger partial charge in [-0.05, 0) is 42.2 Å². The van der Waals surface area contributed by atoms with E-state index in [-0.39, 0.29) is 23.0 Å². The van der Waals surface area contributed by atoms with E-state index in [2.05, 4.69) is 30.6 Å². The Morgan fingerprint density at radius 1 is 1.18 bits per heavy atom. The van der Waals surface area contributed by atoms with Crippen molar-refractivity contribution in [3.05, 3.63) is 95.1 Å². The summed E-state index contributed by atoms with van der Waals surface area (Å²) in [5.74, 6) is -0.167. The van der Waals surface area contributed by atoms with Crippen molar-refractivity contribution in [3.8, 4) is 17.2 Å². The number of aromatic nitrogens is 5. The number of nitrogen functional groups attached to an aromatic ring is 1. The number of carbonyl (C=O) groups is 1. The summed E-state index contributed by atoms with van der Waals surface area (Å²) >= 11 is 0. The first-order valence-electron chi connectivity index (χ1n) is 12.5. The maximum absolute atomic E-state index is 13.7. The first-order chi connectivity index (χ1) is 19.2. The molecule has 5 rings (SSSR count). The molecule has 0 aliphatic carbocycles. The number of halogens is 1. The van der Waals surface area contributed by atoms with Gasteiger partial charge in [-0.2, -0.15) is 5.26 Å². The lowest BCUT2D eigenvalue weighted by molar-refractivity contribution is 0.0935. The number of aryl methyl sites for hydroxylation is 2. The first-order valence-corrected chi connectivity index (χ1v) is 12.5. The summed E-state index contributed by atoms with van der Waals surface area (Å²) in [4.78, 5) is 30.1. The van der Waals surface area contributed by atoms with Gasteiger partial charge in [-0.25, -0.2) is 24.3 Å². The molecule has 10 nitrogen and oxygen atoms in total. The molecular formula is C29H26FN9O. The Morgan fingerprint density at radius 2 is 1.95 bits per heavy atom. The molecule has 0 spiro atoms. The Balaban J connectivity index is 1.34. The molecule has 2 aromatic carbocycles. The number of amides is 1. The highest BCUT2D eigenvalue weighted by molar-refractivity contribution is 6.00. The lowest BCUT2D eigenvalue weighted by Gasteiger charge is -2.16. The molecular weight excluding hydrogens is 509 g/mol. The van der Waals surface area contributed by atoms with Crippen LogP contribution in [0.1, 0.15) is 45.8 Å². The first kappa shape index (κ1) is 26.2. The predicted molar refractivity (Wildman–Crippen MR) is 149 cm³/mol. The van der Waals surface area contributed by atoms with Crippen LogP contribution in [0.25, 0.3) is 22.2 Å². The number of hydrogen-bond acceptors (Lipinski definition) is 8. The van der Waals surface area contributed by atoms with Gasteiger partial charge < -0.3 is 20.9 Å². The number of anilines is 2. The van der Waals surface area contributed by atoms with E-state index in [0.29, 0.717) is 17.9 Å². The quantitative estimate of drug-likeness (QED) is 0.277. The molecule has 200 valence electrons. The molecule has 5 aromatic rings. The number of benzene rings is 2. The third-order valence-corrected chi connectivity index (χ3v) is 6.64. The Bertz CT molecular complexity index is 1770. The van der Waals surface area contributed by atoms with Crippen LogP contribution >= 0.6 is 0 Å². The van der Waals surface area contributed by atoms with Crippen molar-refractivity contribution in [2.75, 3.05) is 11.1 Å². The monoisotopic (exact) mass is 535 g/mol. The summed E-state index contributed by atoms with van der Waals surface area (Å²) < 4.78 is 15.6. The van der Waals surface area contributed by atoms with Crippen LogP contribution in [0, 0.1) is 24.1 Å². The predicted octanol–water partition coefficient (Wildman–Crippen LogP) is 4.43. The highest BCUT2D eigenvalue weighted by atomic mass is 19.1. The maximum Gasteiger partial charge on any atom is 0.274 e. The van der Waals surface area contributed by atoms with Crippen molar-refractivity contribution in [3.63, 3.8) is 0 Å². The molecule has 4 N–H and O–H groups in total. The summed E-state index contributed by atoms with van der Waals surface area (Å²) in [5.41, 5.74) is 10.9. The van der Waals surface area contributed by atoms with Crippen LogP contribution in [0.5, 0.6) is 0 Å². The summed E-state index contributed by atoms with van der Waals surface area (Å²) in [7, 11) is 1.91. The van der Waals surface area contributed by atoms with Gasteiger partial charge in [0, 0.05) is 25.4 Å². The highest BCUT2D eigenvalue weighted by Crippen LogP contribution is 2.32. The fourth-order valence-electron chi connectivity index (χ4n) is 4.46. The number of nitrogens with zero attached hydrogens (tertiary/aromatic N) is 6. The Hall–Kier alpha value is -5.37. The van der Waals surface area contributed by atoms with Gasteiger partial charge in [0.25, 0.3) is 5.91 Å². The number of carbonyl (C=O) groups excluding carboxylic acids is 1. The summed E-state index contributed by atoms with van der Waals surface area (Å²) in [6, 6.07) is 14.0. The summed E-state index contributed by atoms with van der Waals surface area (Å²) in [6.45, 7) is 3.81. The van der Waals surface area contributed by atoms with E-state index < -0.39 is 11.9 Å². The minimum Gasteiger partial charge on any atom is -0.383 e. The second kappa shape index (κ2) is 10.8. The molecule has 11 heteroatoms. The van der Waals surface area contributed by atoms with E-state index >= 15 is 0 Å². The van der Waals surface area contributed by atoms with Crippen molar-refractivity contribution in [1.29, 1.82) is 5.26 Å². The Kier molecular flexibility index (Phi) is 7.07. The van der Waals surface area contributed by atoms with Gasteiger partial charge in [0.2, 0.25) is 0 Å². The van der Waals surface area contributed by atoms with Crippen molar-refractivity contribution in [1.82, 2.24) is 29.8 Å². The average Bonchev–Trinajstić information content (AvgIpc) is 3.31. The number of nitriles is 1. The summed E-state index contributed by atoms with van der Waals surface area (Å²) in [6.07, 6.45) is 4.72. The molecule has 1 amide bonds. The zero-order chi connectivity index (χ0) is 28.4. The number of nitrogens with two attached hydrogens (primary N) is 1. The van der Waals surface area contributed by atoms with E-state index in [1.54, 1.807) is 26.0 Å². The van der Waals surface area contributed by atoms with Crippen LogP contribution in [-0.2, 0) is 13.6 Å². The largest absolute Gasteiger partial charge is 0.383 e. The van der Waals surface area contributed by atoms with Gasteiger partial charge in [-0.3, -0.25) is 4.79 Å². The minimum atomic E-state index is -0.507. The van der Waals surface area contributed by atoms with Crippen LogP contribution in [0.3, 0.4) is 0 Å². The second-order valence-corrected chi connectivity index (χ2v) is 9.43. The molecule has 3 heterocycles. The van der Waals surface area contributed by atoms with Crippen LogP contribution in [0.2, 0.25) is 0 Å². The lowest BCUT2D eigenvalue weighted by Crippen LogP contribution is -2.29. The van der Waals surface area contributed by atoms with Gasteiger partial charge in [-0.15, -0.1) is 0 Å². The van der Waals surface area contributed by atoms with Gasteiger partial charge in [0.15, 0.2) is 17.2 Å². The van der Waals surface area contributed by atoms with Gasteiger partial charge in [0.1, 0.15) is 29.7 Å². The number of fused-ring (bicyclic) bond motifs is 1. The maximum atomic E-state index is 13.7. The van der Waals surface area contributed by atoms with Crippen molar-refractivity contribution >= 4 is 28.6 Å². The lowest BCUT2D eigenvalue weighted by atomic mass is 10.0. The highest BCUT2D eigenvalue weighted by Gasteiger charge is 2.19. The number of hydrogen-bond donors (Lipinski definition) is 3. The van der Waals surface area contributed by atoms with Crippen LogP contribution < -0.4 is 16.4 Å². The molecule has 0 radical (unpaired) electrons. The fraction of sp³-hybridized carbons (Fsp3) is 0.172. The molecule has 0 saturated heterocycles. The van der Waals surface area contributed by atoms with E-state index in [9.17, 15) is 14.4 Å². The second-order valence-electron chi connectivity index (χ2n) is 9.43. The minimum absolute atomic E-state index is 0.00687. The molecule has 0 saturated carbocycles. The molecule has 0 aliphatic heterocycles. The topological polar surface area (TPSA) is 147 Å².